The predicted octanol–water partition coefficient (Wildman–Crippen LogP) is 0.879. The van der Waals surface area contributed by atoms with Gasteiger partial charge in [-0.2, -0.15) is 0 Å². The van der Waals surface area contributed by atoms with Gasteiger partial charge in [-0.3, -0.25) is 4.90 Å². The van der Waals surface area contributed by atoms with Crippen LogP contribution >= 0.6 is 0 Å². The van der Waals surface area contributed by atoms with Gasteiger partial charge in [-0.05, 0) is 12.5 Å². The number of nitrogens with zero attached hydrogens (tertiary/aromatic N) is 1. The van der Waals surface area contributed by atoms with Crippen molar-refractivity contribution in [1.29, 1.82) is 0 Å². The zero-order chi connectivity index (χ0) is 11.5. The van der Waals surface area contributed by atoms with E-state index in [1.165, 1.54) is 0 Å². The summed E-state index contributed by atoms with van der Waals surface area (Å²) in [4.78, 5) is 13.0. The molecule has 1 aliphatic rings. The molecule has 1 atom stereocenters. The Bertz CT molecular complexity index is 392. The second kappa shape index (κ2) is 4.63. The second-order valence-electron chi connectivity index (χ2n) is 3.88. The maximum atomic E-state index is 11.1. The maximum Gasteiger partial charge on any atom is 0.143 e. The number of rotatable bonds is 3. The fraction of sp³-hybridized carbons (Fsp3) is 0.417. The third-order valence-electron chi connectivity index (χ3n) is 2.85. The van der Waals surface area contributed by atoms with Gasteiger partial charge in [-0.15, -0.1) is 0 Å². The fourth-order valence-corrected chi connectivity index (χ4v) is 2.02. The van der Waals surface area contributed by atoms with Crippen LogP contribution in [0.5, 0.6) is 5.75 Å². The van der Waals surface area contributed by atoms with Gasteiger partial charge in [0.15, 0.2) is 0 Å². The van der Waals surface area contributed by atoms with Crippen LogP contribution in [0.25, 0.3) is 0 Å². The molecule has 0 bridgehead atoms. The summed E-state index contributed by atoms with van der Waals surface area (Å²) in [7, 11) is 0. The molecule has 1 unspecified atom stereocenters. The molecule has 4 heteroatoms. The van der Waals surface area contributed by atoms with Gasteiger partial charge in [-0.1, -0.05) is 18.2 Å². The molecule has 16 heavy (non-hydrogen) atoms. The monoisotopic (exact) mass is 221 g/mol. The molecular formula is C12H15NO3. The first-order valence-electron chi connectivity index (χ1n) is 5.30. The fourth-order valence-electron chi connectivity index (χ4n) is 2.02. The molecule has 1 heterocycles. The molecule has 1 aromatic rings. The number of fused-ring (bicyclic) bond motifs is 1. The van der Waals surface area contributed by atoms with Gasteiger partial charge in [0.2, 0.25) is 0 Å². The van der Waals surface area contributed by atoms with Gasteiger partial charge in [-0.25, -0.2) is 0 Å². The van der Waals surface area contributed by atoms with Crippen molar-refractivity contribution in [3.8, 4) is 5.75 Å². The Morgan fingerprint density at radius 3 is 3.12 bits per heavy atom. The maximum absolute atomic E-state index is 11.1. The highest BCUT2D eigenvalue weighted by Gasteiger charge is 2.28. The van der Waals surface area contributed by atoms with E-state index < -0.39 is 0 Å². The molecule has 0 spiro atoms. The molecule has 4 nitrogen and oxygen atoms in total. The van der Waals surface area contributed by atoms with Crippen molar-refractivity contribution < 1.29 is 14.6 Å². The SMILES string of the molecule is Cc1cccc2c1OCN(CCO)C2C=O. The largest absolute Gasteiger partial charge is 0.477 e. The normalized spacial score (nSPS) is 20.0. The van der Waals surface area contributed by atoms with E-state index in [-0.39, 0.29) is 12.6 Å². The van der Waals surface area contributed by atoms with Crippen LogP contribution in [0, 0.1) is 6.92 Å². The number of carbonyl (C=O) groups excluding carboxylic acids is 1. The van der Waals surface area contributed by atoms with Gasteiger partial charge < -0.3 is 14.6 Å². The number of hydrogen-bond donors (Lipinski definition) is 1. The van der Waals surface area contributed by atoms with Crippen molar-refractivity contribution >= 4 is 6.29 Å². The van der Waals surface area contributed by atoms with Crippen molar-refractivity contribution in [3.05, 3.63) is 29.3 Å². The highest BCUT2D eigenvalue weighted by Crippen LogP contribution is 2.34. The number of aliphatic hydroxyl groups is 1. The Balaban J connectivity index is 2.37. The average Bonchev–Trinajstić information content (AvgIpc) is 2.29. The molecule has 1 aliphatic heterocycles. The summed E-state index contributed by atoms with van der Waals surface area (Å²) in [6.45, 7) is 2.77. The van der Waals surface area contributed by atoms with Gasteiger partial charge in [0.05, 0.1) is 12.6 Å². The Morgan fingerprint density at radius 1 is 1.62 bits per heavy atom. The van der Waals surface area contributed by atoms with Gasteiger partial charge >= 0.3 is 0 Å². The minimum Gasteiger partial charge on any atom is -0.477 e. The van der Waals surface area contributed by atoms with E-state index in [2.05, 4.69) is 0 Å². The van der Waals surface area contributed by atoms with Gasteiger partial charge in [0.1, 0.15) is 18.8 Å². The first kappa shape index (κ1) is 11.1. The lowest BCUT2D eigenvalue weighted by atomic mass is 10.0. The summed E-state index contributed by atoms with van der Waals surface area (Å²) >= 11 is 0. The number of para-hydroxylation sites is 1. The first-order valence-corrected chi connectivity index (χ1v) is 5.30. The highest BCUT2D eigenvalue weighted by molar-refractivity contribution is 5.65. The standard InChI is InChI=1S/C12H15NO3/c1-9-3-2-4-10-11(7-15)13(5-6-14)8-16-12(9)10/h2-4,7,11,14H,5-6,8H2,1H3. The molecule has 0 fully saturated rings. The van der Waals surface area contributed by atoms with Gasteiger partial charge in [0, 0.05) is 12.1 Å². The van der Waals surface area contributed by atoms with Crippen molar-refractivity contribution in [2.45, 2.75) is 13.0 Å². The van der Waals surface area contributed by atoms with E-state index in [1.54, 1.807) is 0 Å². The molecule has 1 aromatic carbocycles. The van der Waals surface area contributed by atoms with Crippen LogP contribution in [0.3, 0.4) is 0 Å². The molecule has 1 N–H and O–H groups in total. The number of aryl methyl sites for hydroxylation is 1. The second-order valence-corrected chi connectivity index (χ2v) is 3.88. The van der Waals surface area contributed by atoms with Crippen LogP contribution in [0.4, 0.5) is 0 Å². The topological polar surface area (TPSA) is 49.8 Å². The molecule has 0 aromatic heterocycles. The number of benzene rings is 1. The van der Waals surface area contributed by atoms with E-state index in [1.807, 2.05) is 30.0 Å². The van der Waals surface area contributed by atoms with Gasteiger partial charge in [0.25, 0.3) is 0 Å². The number of aldehydes is 1. The van der Waals surface area contributed by atoms with Crippen LogP contribution in [0.2, 0.25) is 0 Å². The molecule has 0 radical (unpaired) electrons. The van der Waals surface area contributed by atoms with Crippen LogP contribution < -0.4 is 4.74 Å². The number of β-amino-alcohol motifs (C(OH)–C–C–N with tert-alkyl or cyclic N) is 1. The van der Waals surface area contributed by atoms with E-state index in [0.717, 1.165) is 23.2 Å². The van der Waals surface area contributed by atoms with E-state index in [9.17, 15) is 4.79 Å². The zero-order valence-electron chi connectivity index (χ0n) is 9.22. The van der Waals surface area contributed by atoms with E-state index in [4.69, 9.17) is 9.84 Å². The lowest BCUT2D eigenvalue weighted by molar-refractivity contribution is -0.115. The third-order valence-corrected chi connectivity index (χ3v) is 2.85. The summed E-state index contributed by atoms with van der Waals surface area (Å²) in [5.41, 5.74) is 1.92. The summed E-state index contributed by atoms with van der Waals surface area (Å²) < 4.78 is 5.61. The Kier molecular flexibility index (Phi) is 3.22. The lowest BCUT2D eigenvalue weighted by Gasteiger charge is -2.34. The van der Waals surface area contributed by atoms with E-state index >= 15 is 0 Å². The van der Waals surface area contributed by atoms with Crippen LogP contribution in [-0.2, 0) is 4.79 Å². The van der Waals surface area contributed by atoms with Crippen molar-refractivity contribution in [2.24, 2.45) is 0 Å². The number of ether oxygens (including phenoxy) is 1. The van der Waals surface area contributed by atoms with Crippen LogP contribution in [0.1, 0.15) is 17.2 Å². The van der Waals surface area contributed by atoms with E-state index in [0.29, 0.717) is 13.3 Å². The number of aliphatic hydroxyl groups excluding tert-OH is 1. The Labute approximate surface area is 94.4 Å². The summed E-state index contributed by atoms with van der Waals surface area (Å²) in [5, 5.41) is 8.92. The van der Waals surface area contributed by atoms with Crippen molar-refractivity contribution in [2.75, 3.05) is 19.9 Å². The minimum atomic E-state index is -0.309. The van der Waals surface area contributed by atoms with Crippen LogP contribution in [0.15, 0.2) is 18.2 Å². The predicted molar refractivity (Wildman–Crippen MR) is 59.3 cm³/mol. The lowest BCUT2D eigenvalue weighted by Crippen LogP contribution is -2.39. The van der Waals surface area contributed by atoms with Crippen molar-refractivity contribution in [1.82, 2.24) is 4.90 Å². The van der Waals surface area contributed by atoms with Crippen LogP contribution in [-0.4, -0.2) is 36.2 Å². The molecule has 0 saturated heterocycles. The third kappa shape index (κ3) is 1.81. The first-order chi connectivity index (χ1) is 7.77. The van der Waals surface area contributed by atoms with Crippen molar-refractivity contribution in [3.63, 3.8) is 0 Å². The molecular weight excluding hydrogens is 206 g/mol. The number of carbonyl (C=O) groups is 1. The summed E-state index contributed by atoms with van der Waals surface area (Å²) in [6, 6.07) is 5.46. The molecule has 0 aliphatic carbocycles. The molecule has 2 rings (SSSR count). The highest BCUT2D eigenvalue weighted by atomic mass is 16.5. The smallest absolute Gasteiger partial charge is 0.143 e. The Hall–Kier alpha value is -1.39. The average molecular weight is 221 g/mol. The summed E-state index contributed by atoms with van der Waals surface area (Å²) in [6.07, 6.45) is 0.899. The summed E-state index contributed by atoms with van der Waals surface area (Å²) in [5.74, 6) is 0.800. The molecule has 0 amide bonds. The molecule has 0 saturated carbocycles. The quantitative estimate of drug-likeness (QED) is 0.770. The minimum absolute atomic E-state index is 0.0227. The Morgan fingerprint density at radius 2 is 2.44 bits per heavy atom. The zero-order valence-corrected chi connectivity index (χ0v) is 9.22. The molecule has 86 valence electrons. The number of hydrogen-bond acceptors (Lipinski definition) is 4.